The number of hydrogen-bond acceptors (Lipinski definition) is 6. The van der Waals surface area contributed by atoms with Crippen molar-refractivity contribution in [2.75, 3.05) is 0 Å². The lowest BCUT2D eigenvalue weighted by atomic mass is 10.3. The van der Waals surface area contributed by atoms with Crippen LogP contribution in [-0.4, -0.2) is 23.4 Å². The van der Waals surface area contributed by atoms with Crippen LogP contribution in [0.25, 0.3) is 10.2 Å². The van der Waals surface area contributed by atoms with Crippen molar-refractivity contribution < 1.29 is 8.42 Å². The Kier molecular flexibility index (Phi) is 3.59. The molecule has 3 heterocycles. The Morgan fingerprint density at radius 1 is 1.22 bits per heavy atom. The molecule has 3 aromatic heterocycles. The van der Waals surface area contributed by atoms with Gasteiger partial charge in [-0.25, -0.2) is 23.1 Å². The molecule has 0 saturated heterocycles. The third kappa shape index (κ3) is 2.85. The zero-order valence-corrected chi connectivity index (χ0v) is 13.8. The Labute approximate surface area is 137 Å². The maximum absolute atomic E-state index is 12.4. The minimum Gasteiger partial charge on any atom is -0.254 e. The number of fused-ring (bicyclic) bond motifs is 2. The summed E-state index contributed by atoms with van der Waals surface area (Å²) in [5.74, 6) is 0.499. The van der Waals surface area contributed by atoms with Crippen LogP contribution in [0.5, 0.6) is 0 Å². The molecule has 6 nitrogen and oxygen atoms in total. The molecule has 0 spiro atoms. The van der Waals surface area contributed by atoms with Crippen LogP contribution in [0.2, 0.25) is 0 Å². The summed E-state index contributed by atoms with van der Waals surface area (Å²) in [4.78, 5) is 13.0. The number of nitrogens with one attached hydrogen (secondary N) is 1. The predicted molar refractivity (Wildman–Crippen MR) is 87.7 cm³/mol. The molecule has 1 aliphatic rings. The van der Waals surface area contributed by atoms with Crippen molar-refractivity contribution in [1.29, 1.82) is 0 Å². The Hall–Kier alpha value is -1.90. The monoisotopic (exact) mass is 346 g/mol. The van der Waals surface area contributed by atoms with Crippen LogP contribution in [-0.2, 0) is 29.4 Å². The lowest BCUT2D eigenvalue weighted by Crippen LogP contribution is -2.24. The van der Waals surface area contributed by atoms with Gasteiger partial charge in [0, 0.05) is 18.1 Å². The normalized spacial score (nSPS) is 14.3. The molecule has 0 saturated carbocycles. The number of sulfonamides is 1. The van der Waals surface area contributed by atoms with E-state index >= 15 is 0 Å². The lowest BCUT2D eigenvalue weighted by Gasteiger charge is -2.07. The van der Waals surface area contributed by atoms with Crippen molar-refractivity contribution in [3.8, 4) is 0 Å². The van der Waals surface area contributed by atoms with Gasteiger partial charge in [-0.15, -0.1) is 11.3 Å². The van der Waals surface area contributed by atoms with Gasteiger partial charge in [0.2, 0.25) is 10.0 Å². The first-order valence-electron chi connectivity index (χ1n) is 7.28. The van der Waals surface area contributed by atoms with E-state index in [0.29, 0.717) is 5.82 Å². The van der Waals surface area contributed by atoms with E-state index in [-0.39, 0.29) is 11.4 Å². The second-order valence-corrected chi connectivity index (χ2v) is 8.13. The largest absolute Gasteiger partial charge is 0.254 e. The topological polar surface area (TPSA) is 84.8 Å². The SMILES string of the molecule is O=S(=O)(NCc1ncc2c(n1)CCC2)c1cnc2ccsc2c1. The van der Waals surface area contributed by atoms with Crippen molar-refractivity contribution in [2.24, 2.45) is 0 Å². The molecule has 4 rings (SSSR count). The fourth-order valence-corrected chi connectivity index (χ4v) is 4.46. The second-order valence-electron chi connectivity index (χ2n) is 5.41. The van der Waals surface area contributed by atoms with Crippen LogP contribution in [0.4, 0.5) is 0 Å². The van der Waals surface area contributed by atoms with Gasteiger partial charge in [0.25, 0.3) is 0 Å². The molecular formula is C15H14N4O2S2. The van der Waals surface area contributed by atoms with Crippen LogP contribution in [0.15, 0.2) is 34.8 Å². The van der Waals surface area contributed by atoms with Gasteiger partial charge in [-0.2, -0.15) is 0 Å². The third-order valence-electron chi connectivity index (χ3n) is 3.87. The highest BCUT2D eigenvalue weighted by atomic mass is 32.2. The summed E-state index contributed by atoms with van der Waals surface area (Å²) in [5, 5.41) is 1.89. The molecule has 1 aliphatic carbocycles. The number of hydrogen-bond donors (Lipinski definition) is 1. The standard InChI is InChI=1S/C15H14N4O2S2/c20-23(21,11-6-14-13(16-8-11)4-5-22-14)18-9-15-17-7-10-2-1-3-12(10)19-15/h4-8,18H,1-3,9H2. The van der Waals surface area contributed by atoms with E-state index in [0.717, 1.165) is 35.2 Å². The van der Waals surface area contributed by atoms with Gasteiger partial charge in [-0.05, 0) is 42.3 Å². The van der Waals surface area contributed by atoms with Gasteiger partial charge >= 0.3 is 0 Å². The highest BCUT2D eigenvalue weighted by Gasteiger charge is 2.18. The van der Waals surface area contributed by atoms with Crippen molar-refractivity contribution in [2.45, 2.75) is 30.7 Å². The number of thiophene rings is 1. The molecular weight excluding hydrogens is 332 g/mol. The first-order chi connectivity index (χ1) is 11.1. The fourth-order valence-electron chi connectivity index (χ4n) is 2.66. The minimum atomic E-state index is -3.63. The van der Waals surface area contributed by atoms with Crippen molar-refractivity contribution in [3.05, 3.63) is 47.0 Å². The summed E-state index contributed by atoms with van der Waals surface area (Å²) in [6.45, 7) is 0.0814. The average Bonchev–Trinajstić information content (AvgIpc) is 3.20. The molecule has 0 amide bonds. The van der Waals surface area contributed by atoms with Crippen molar-refractivity contribution in [1.82, 2.24) is 19.7 Å². The van der Waals surface area contributed by atoms with Crippen LogP contribution in [0.3, 0.4) is 0 Å². The van der Waals surface area contributed by atoms with E-state index < -0.39 is 10.0 Å². The highest BCUT2D eigenvalue weighted by Crippen LogP contribution is 2.22. The van der Waals surface area contributed by atoms with Gasteiger partial charge < -0.3 is 0 Å². The quantitative estimate of drug-likeness (QED) is 0.781. The Morgan fingerprint density at radius 3 is 3.04 bits per heavy atom. The average molecular weight is 346 g/mol. The van der Waals surface area contributed by atoms with Crippen LogP contribution >= 0.6 is 11.3 Å². The molecule has 0 aliphatic heterocycles. The molecule has 0 aromatic carbocycles. The highest BCUT2D eigenvalue weighted by molar-refractivity contribution is 7.89. The smallest absolute Gasteiger partial charge is 0.242 e. The minimum absolute atomic E-state index is 0.0814. The summed E-state index contributed by atoms with van der Waals surface area (Å²) < 4.78 is 28.2. The molecule has 23 heavy (non-hydrogen) atoms. The lowest BCUT2D eigenvalue weighted by molar-refractivity contribution is 0.578. The summed E-state index contributed by atoms with van der Waals surface area (Å²) in [5.41, 5.74) is 3.01. The van der Waals surface area contributed by atoms with E-state index in [1.54, 1.807) is 12.3 Å². The zero-order chi connectivity index (χ0) is 15.9. The predicted octanol–water partition coefficient (Wildman–Crippen LogP) is 2.05. The second kappa shape index (κ2) is 5.63. The third-order valence-corrected chi connectivity index (χ3v) is 6.09. The fraction of sp³-hybridized carbons (Fsp3) is 0.267. The molecule has 0 bridgehead atoms. The number of nitrogens with zero attached hydrogens (tertiary/aromatic N) is 3. The van der Waals surface area contributed by atoms with Crippen molar-refractivity contribution >= 4 is 31.6 Å². The number of aryl methyl sites for hydroxylation is 2. The van der Waals surface area contributed by atoms with Crippen LogP contribution < -0.4 is 4.72 Å². The molecule has 0 radical (unpaired) electrons. The van der Waals surface area contributed by atoms with E-state index in [4.69, 9.17) is 0 Å². The molecule has 0 fully saturated rings. The zero-order valence-electron chi connectivity index (χ0n) is 12.2. The summed E-state index contributed by atoms with van der Waals surface area (Å²) in [6.07, 6.45) is 6.22. The Balaban J connectivity index is 1.55. The molecule has 118 valence electrons. The maximum Gasteiger partial charge on any atom is 0.242 e. The summed E-state index contributed by atoms with van der Waals surface area (Å²) >= 11 is 1.47. The molecule has 3 aromatic rings. The van der Waals surface area contributed by atoms with E-state index in [1.165, 1.54) is 23.1 Å². The van der Waals surface area contributed by atoms with E-state index in [2.05, 4.69) is 19.7 Å². The number of aromatic nitrogens is 3. The van der Waals surface area contributed by atoms with Gasteiger partial charge in [0.1, 0.15) is 10.7 Å². The molecule has 1 N–H and O–H groups in total. The van der Waals surface area contributed by atoms with E-state index in [1.807, 2.05) is 11.4 Å². The van der Waals surface area contributed by atoms with E-state index in [9.17, 15) is 8.42 Å². The van der Waals surface area contributed by atoms with Gasteiger partial charge in [0.15, 0.2) is 0 Å². The maximum atomic E-state index is 12.4. The summed E-state index contributed by atoms with van der Waals surface area (Å²) in [7, 11) is -3.63. The number of pyridine rings is 1. The molecule has 0 atom stereocenters. The van der Waals surface area contributed by atoms with Crippen LogP contribution in [0.1, 0.15) is 23.5 Å². The van der Waals surface area contributed by atoms with Gasteiger partial charge in [-0.1, -0.05) is 0 Å². The Bertz CT molecular complexity index is 982. The molecule has 0 unspecified atom stereocenters. The van der Waals surface area contributed by atoms with Crippen molar-refractivity contribution in [3.63, 3.8) is 0 Å². The van der Waals surface area contributed by atoms with Gasteiger partial charge in [-0.3, -0.25) is 4.98 Å². The molecule has 8 heteroatoms. The first kappa shape index (κ1) is 14.7. The Morgan fingerprint density at radius 2 is 2.13 bits per heavy atom. The van der Waals surface area contributed by atoms with Gasteiger partial charge in [0.05, 0.1) is 16.8 Å². The number of rotatable bonds is 4. The summed E-state index contributed by atoms with van der Waals surface area (Å²) in [6, 6.07) is 3.50. The first-order valence-corrected chi connectivity index (χ1v) is 9.65. The van der Waals surface area contributed by atoms with Crippen LogP contribution in [0, 0.1) is 0 Å².